The van der Waals surface area contributed by atoms with Crippen LogP contribution in [-0.4, -0.2) is 0 Å². The van der Waals surface area contributed by atoms with Crippen LogP contribution in [-0.2, 0) is 0 Å². The predicted molar refractivity (Wildman–Crippen MR) is 70.7 cm³/mol. The number of rotatable bonds is 1. The second-order valence-electron chi connectivity index (χ2n) is 3.47. The molecule has 4 heteroatoms. The quantitative estimate of drug-likeness (QED) is 0.759. The second-order valence-corrected chi connectivity index (χ2v) is 4.29. The molecule has 0 aromatic heterocycles. The molecule has 2 nitrogen and oxygen atoms in total. The molecule has 2 rings (SSSR count). The zero-order valence-electron chi connectivity index (χ0n) is 8.37. The largest absolute Gasteiger partial charge is 0.397 e. The van der Waals surface area contributed by atoms with Crippen LogP contribution in [0.2, 0.25) is 10.0 Å². The topological polar surface area (TPSA) is 52.0 Å². The third kappa shape index (κ3) is 2.08. The zero-order valence-corrected chi connectivity index (χ0v) is 9.89. The van der Waals surface area contributed by atoms with Crippen molar-refractivity contribution >= 4 is 34.6 Å². The first-order valence-corrected chi connectivity index (χ1v) is 5.44. The molecule has 0 unspecified atom stereocenters. The Hall–Kier alpha value is -1.38. The molecule has 0 fully saturated rings. The zero-order chi connectivity index (χ0) is 11.7. The number of nitrogen functional groups attached to an aromatic ring is 2. The fourth-order valence-electron chi connectivity index (χ4n) is 1.43. The highest BCUT2D eigenvalue weighted by atomic mass is 35.5. The van der Waals surface area contributed by atoms with Crippen LogP contribution < -0.4 is 11.5 Å². The highest BCUT2D eigenvalue weighted by Gasteiger charge is 2.03. The Morgan fingerprint density at radius 2 is 1.31 bits per heavy atom. The summed E-state index contributed by atoms with van der Waals surface area (Å²) in [6, 6.07) is 10.9. The van der Waals surface area contributed by atoms with E-state index >= 15 is 0 Å². The van der Waals surface area contributed by atoms with E-state index in [0.717, 1.165) is 11.1 Å². The van der Waals surface area contributed by atoms with E-state index in [0.29, 0.717) is 21.4 Å². The van der Waals surface area contributed by atoms with Crippen molar-refractivity contribution in [3.8, 4) is 11.1 Å². The first-order valence-electron chi connectivity index (χ1n) is 4.68. The number of benzene rings is 2. The van der Waals surface area contributed by atoms with E-state index in [4.69, 9.17) is 34.7 Å². The minimum Gasteiger partial charge on any atom is -0.397 e. The molecule has 0 saturated carbocycles. The SMILES string of the molecule is Nc1ccc(-c2ccc(Cl)c(Cl)c2)cc1N. The molecule has 16 heavy (non-hydrogen) atoms. The number of hydrogen-bond acceptors (Lipinski definition) is 2. The van der Waals surface area contributed by atoms with Gasteiger partial charge in [0.25, 0.3) is 0 Å². The van der Waals surface area contributed by atoms with Crippen molar-refractivity contribution in [1.82, 2.24) is 0 Å². The van der Waals surface area contributed by atoms with Crippen LogP contribution in [0.15, 0.2) is 36.4 Å². The first kappa shape index (κ1) is 11.1. The van der Waals surface area contributed by atoms with Gasteiger partial charge in [-0.2, -0.15) is 0 Å². The summed E-state index contributed by atoms with van der Waals surface area (Å²) in [4.78, 5) is 0. The van der Waals surface area contributed by atoms with E-state index < -0.39 is 0 Å². The summed E-state index contributed by atoms with van der Waals surface area (Å²) in [6.07, 6.45) is 0. The number of nitrogens with two attached hydrogens (primary N) is 2. The van der Waals surface area contributed by atoms with E-state index in [1.165, 1.54) is 0 Å². The van der Waals surface area contributed by atoms with E-state index in [-0.39, 0.29) is 0 Å². The maximum absolute atomic E-state index is 5.95. The molecule has 2 aromatic rings. The normalized spacial score (nSPS) is 10.4. The van der Waals surface area contributed by atoms with Gasteiger partial charge in [-0.3, -0.25) is 0 Å². The minimum atomic E-state index is 0.523. The van der Waals surface area contributed by atoms with Gasteiger partial charge in [0.2, 0.25) is 0 Å². The lowest BCUT2D eigenvalue weighted by Gasteiger charge is -2.06. The van der Waals surface area contributed by atoms with Gasteiger partial charge in [0, 0.05) is 0 Å². The Balaban J connectivity index is 2.50. The van der Waals surface area contributed by atoms with Crippen LogP contribution >= 0.6 is 23.2 Å². The van der Waals surface area contributed by atoms with E-state index in [1.54, 1.807) is 18.2 Å². The minimum absolute atomic E-state index is 0.523. The van der Waals surface area contributed by atoms with Gasteiger partial charge >= 0.3 is 0 Å². The van der Waals surface area contributed by atoms with Gasteiger partial charge in [-0.1, -0.05) is 35.3 Å². The van der Waals surface area contributed by atoms with Crippen LogP contribution in [0.3, 0.4) is 0 Å². The number of hydrogen-bond donors (Lipinski definition) is 2. The van der Waals surface area contributed by atoms with E-state index in [9.17, 15) is 0 Å². The predicted octanol–water partition coefficient (Wildman–Crippen LogP) is 3.82. The van der Waals surface area contributed by atoms with Crippen molar-refractivity contribution in [2.45, 2.75) is 0 Å². The molecule has 0 atom stereocenters. The lowest BCUT2D eigenvalue weighted by molar-refractivity contribution is 1.60. The fourth-order valence-corrected chi connectivity index (χ4v) is 1.73. The molecule has 4 N–H and O–H groups in total. The monoisotopic (exact) mass is 252 g/mol. The van der Waals surface area contributed by atoms with E-state index in [2.05, 4.69) is 0 Å². The lowest BCUT2D eigenvalue weighted by atomic mass is 10.0. The molecular weight excluding hydrogens is 243 g/mol. The molecule has 0 bridgehead atoms. The maximum atomic E-state index is 5.95. The van der Waals surface area contributed by atoms with Gasteiger partial charge in [-0.05, 0) is 35.4 Å². The summed E-state index contributed by atoms with van der Waals surface area (Å²) in [5.41, 5.74) is 14.4. The van der Waals surface area contributed by atoms with Crippen molar-refractivity contribution < 1.29 is 0 Å². The summed E-state index contributed by atoms with van der Waals surface area (Å²) in [5.74, 6) is 0. The van der Waals surface area contributed by atoms with Crippen molar-refractivity contribution in [2.75, 3.05) is 11.5 Å². The molecule has 0 aliphatic heterocycles. The van der Waals surface area contributed by atoms with Crippen LogP contribution in [0.1, 0.15) is 0 Å². The molecule has 0 aliphatic carbocycles. The van der Waals surface area contributed by atoms with Gasteiger partial charge in [0.15, 0.2) is 0 Å². The molecule has 82 valence electrons. The molecule has 0 heterocycles. The van der Waals surface area contributed by atoms with Gasteiger partial charge < -0.3 is 11.5 Å². The Kier molecular flexibility index (Phi) is 2.95. The molecule has 0 amide bonds. The van der Waals surface area contributed by atoms with Crippen LogP contribution in [0.25, 0.3) is 11.1 Å². The molecule has 0 radical (unpaired) electrons. The summed E-state index contributed by atoms with van der Waals surface area (Å²) in [5, 5.41) is 1.06. The average Bonchev–Trinajstić information content (AvgIpc) is 2.26. The number of anilines is 2. The molecule has 0 saturated heterocycles. The van der Waals surface area contributed by atoms with Crippen molar-refractivity contribution in [3.63, 3.8) is 0 Å². The van der Waals surface area contributed by atoms with Crippen molar-refractivity contribution in [2.24, 2.45) is 0 Å². The van der Waals surface area contributed by atoms with Crippen molar-refractivity contribution in [1.29, 1.82) is 0 Å². The van der Waals surface area contributed by atoms with Gasteiger partial charge in [-0.15, -0.1) is 0 Å². The van der Waals surface area contributed by atoms with Crippen LogP contribution in [0.4, 0.5) is 11.4 Å². The molecule has 0 spiro atoms. The second kappa shape index (κ2) is 4.24. The molecule has 2 aromatic carbocycles. The van der Waals surface area contributed by atoms with Crippen LogP contribution in [0.5, 0.6) is 0 Å². The Bertz CT molecular complexity index is 489. The average molecular weight is 253 g/mol. The Labute approximate surface area is 104 Å². The summed E-state index contributed by atoms with van der Waals surface area (Å²) >= 11 is 11.8. The van der Waals surface area contributed by atoms with E-state index in [1.807, 2.05) is 18.2 Å². The molecular formula is C12H10Cl2N2. The summed E-state index contributed by atoms with van der Waals surface area (Å²) in [7, 11) is 0. The highest BCUT2D eigenvalue weighted by molar-refractivity contribution is 6.42. The number of halogens is 2. The highest BCUT2D eigenvalue weighted by Crippen LogP contribution is 2.30. The summed E-state index contributed by atoms with van der Waals surface area (Å²) in [6.45, 7) is 0. The lowest BCUT2D eigenvalue weighted by Crippen LogP contribution is -1.94. The Morgan fingerprint density at radius 1 is 0.688 bits per heavy atom. The standard InChI is InChI=1S/C12H10Cl2N2/c13-9-3-1-7(5-10(9)14)8-2-4-11(15)12(16)6-8/h1-6H,15-16H2. The maximum Gasteiger partial charge on any atom is 0.0598 e. The van der Waals surface area contributed by atoms with Gasteiger partial charge in [-0.25, -0.2) is 0 Å². The van der Waals surface area contributed by atoms with Gasteiger partial charge in [0.1, 0.15) is 0 Å². The summed E-state index contributed by atoms with van der Waals surface area (Å²) < 4.78 is 0. The Morgan fingerprint density at radius 3 is 1.94 bits per heavy atom. The molecule has 0 aliphatic rings. The third-order valence-electron chi connectivity index (χ3n) is 2.34. The van der Waals surface area contributed by atoms with Gasteiger partial charge in [0.05, 0.1) is 21.4 Å². The van der Waals surface area contributed by atoms with Crippen LogP contribution in [0, 0.1) is 0 Å². The third-order valence-corrected chi connectivity index (χ3v) is 3.08. The first-order chi connectivity index (χ1) is 7.58. The smallest absolute Gasteiger partial charge is 0.0598 e. The fraction of sp³-hybridized carbons (Fsp3) is 0. The van der Waals surface area contributed by atoms with Crippen molar-refractivity contribution in [3.05, 3.63) is 46.4 Å².